The van der Waals surface area contributed by atoms with Gasteiger partial charge in [0.2, 0.25) is 0 Å². The van der Waals surface area contributed by atoms with Crippen LogP contribution in [0.4, 0.5) is 0 Å². The highest BCUT2D eigenvalue weighted by atomic mass is 16.5. The number of aromatic hydroxyl groups is 4. The normalized spacial score (nSPS) is 25.8. The first-order valence-electron chi connectivity index (χ1n) is 10.2. The number of carbonyl (C=O) groups excluding carboxylic acids is 2. The second-order valence-electron chi connectivity index (χ2n) is 8.24. The van der Waals surface area contributed by atoms with Crippen LogP contribution in [0.1, 0.15) is 59.4 Å². The highest BCUT2D eigenvalue weighted by Crippen LogP contribution is 2.52. The maximum absolute atomic E-state index is 13.4. The molecule has 0 unspecified atom stereocenters. The minimum absolute atomic E-state index is 0.308. The molecule has 0 spiro atoms. The van der Waals surface area contributed by atoms with Gasteiger partial charge in [0.1, 0.15) is 47.6 Å². The molecule has 2 aromatic rings. The topological polar surface area (TPSA) is 243 Å². The van der Waals surface area contributed by atoms with Crippen LogP contribution in [-0.2, 0) is 4.74 Å². The number of aliphatic hydroxyl groups excluding tert-OH is 4. The van der Waals surface area contributed by atoms with Gasteiger partial charge in [0.05, 0.1) is 23.3 Å². The number of carboxylic acids is 1. The highest BCUT2D eigenvalue weighted by Gasteiger charge is 2.48. The van der Waals surface area contributed by atoms with E-state index in [0.717, 1.165) is 6.92 Å². The van der Waals surface area contributed by atoms with Gasteiger partial charge in [0.15, 0.2) is 23.1 Å². The fourth-order valence-corrected chi connectivity index (χ4v) is 4.58. The fraction of sp³-hybridized carbons (Fsp3) is 0.318. The zero-order chi connectivity index (χ0) is 26.1. The van der Waals surface area contributed by atoms with Crippen LogP contribution >= 0.6 is 0 Å². The Kier molecular flexibility index (Phi) is 5.70. The SMILES string of the molecule is Cc1c(C(=O)O)c(O)cc2c1C(=O)c1c(O)c([C@@H]3O[C@H](CO)[C@H](O)[C@@H](O)[C@@H]3O)c(O)c(O)c1C2=O. The molecule has 2 aromatic carbocycles. The van der Waals surface area contributed by atoms with Crippen LogP contribution in [0, 0.1) is 6.92 Å². The number of benzene rings is 2. The molecule has 13 nitrogen and oxygen atoms in total. The molecule has 1 heterocycles. The summed E-state index contributed by atoms with van der Waals surface area (Å²) in [6.07, 6.45) is -9.12. The summed E-state index contributed by atoms with van der Waals surface area (Å²) in [6, 6.07) is 0.716. The lowest BCUT2D eigenvalue weighted by Gasteiger charge is -2.40. The molecule has 5 atom stereocenters. The van der Waals surface area contributed by atoms with E-state index in [2.05, 4.69) is 0 Å². The predicted molar refractivity (Wildman–Crippen MR) is 111 cm³/mol. The summed E-state index contributed by atoms with van der Waals surface area (Å²) in [7, 11) is 0. The van der Waals surface area contributed by atoms with Gasteiger partial charge in [-0.05, 0) is 18.6 Å². The largest absolute Gasteiger partial charge is 0.507 e. The van der Waals surface area contributed by atoms with Gasteiger partial charge in [-0.15, -0.1) is 0 Å². The second-order valence-corrected chi connectivity index (χ2v) is 8.24. The summed E-state index contributed by atoms with van der Waals surface area (Å²) in [6.45, 7) is 0.291. The van der Waals surface area contributed by atoms with Gasteiger partial charge in [0.25, 0.3) is 0 Å². The van der Waals surface area contributed by atoms with Crippen molar-refractivity contribution in [3.05, 3.63) is 45.0 Å². The van der Waals surface area contributed by atoms with Crippen LogP contribution in [0.15, 0.2) is 6.07 Å². The van der Waals surface area contributed by atoms with Crippen molar-refractivity contribution >= 4 is 17.5 Å². The van der Waals surface area contributed by atoms with Crippen LogP contribution in [-0.4, -0.2) is 94.5 Å². The lowest BCUT2D eigenvalue weighted by Crippen LogP contribution is -2.55. The number of phenolic OH excluding ortho intramolecular Hbond substituents is 3. The van der Waals surface area contributed by atoms with Crippen LogP contribution in [0.2, 0.25) is 0 Å². The first kappa shape index (κ1) is 24.4. The molecule has 9 N–H and O–H groups in total. The molecule has 1 aliphatic heterocycles. The molecular weight excluding hydrogens is 472 g/mol. The minimum Gasteiger partial charge on any atom is -0.507 e. The average molecular weight is 492 g/mol. The molecule has 0 amide bonds. The lowest BCUT2D eigenvalue weighted by atomic mass is 9.77. The quantitative estimate of drug-likeness (QED) is 0.154. The predicted octanol–water partition coefficient (Wildman–Crippen LogP) is -1.19. The van der Waals surface area contributed by atoms with Crippen molar-refractivity contribution < 1.29 is 65.1 Å². The molecule has 0 saturated carbocycles. The van der Waals surface area contributed by atoms with Crippen molar-refractivity contribution in [1.82, 2.24) is 0 Å². The molecule has 0 radical (unpaired) electrons. The van der Waals surface area contributed by atoms with Crippen LogP contribution in [0.3, 0.4) is 0 Å². The number of hydrogen-bond donors (Lipinski definition) is 9. The number of phenols is 4. The second kappa shape index (κ2) is 8.18. The molecule has 0 bridgehead atoms. The molecule has 2 aliphatic rings. The van der Waals surface area contributed by atoms with Crippen molar-refractivity contribution in [2.45, 2.75) is 37.4 Å². The number of hydrogen-bond acceptors (Lipinski definition) is 12. The standard InChI is InChI=1S/C22H20O13/c1-4-8-5(2-6(24)9(4)22(33)34)13(25)10-11(15(8)27)16(28)12(18(30)17(10)29)21-20(32)19(31)14(26)7(3-23)35-21/h2,7,14,19-21,23-24,26,28-32H,3H2,1H3,(H,33,34)/t7-,14+,19-,20+,21+/m1/s1. The number of rotatable bonds is 3. The summed E-state index contributed by atoms with van der Waals surface area (Å²) in [5.41, 5.74) is -4.49. The number of fused-ring (bicyclic) bond motifs is 2. The molecule has 13 heteroatoms. The molecule has 1 saturated heterocycles. The van der Waals surface area contributed by atoms with E-state index in [1.165, 1.54) is 0 Å². The fourth-order valence-electron chi connectivity index (χ4n) is 4.58. The Morgan fingerprint density at radius 3 is 2.06 bits per heavy atom. The van der Waals surface area contributed by atoms with Crippen LogP contribution in [0.5, 0.6) is 23.0 Å². The van der Waals surface area contributed by atoms with Gasteiger partial charge in [0, 0.05) is 11.1 Å². The molecule has 4 rings (SSSR count). The van der Waals surface area contributed by atoms with Crippen molar-refractivity contribution in [2.24, 2.45) is 0 Å². The number of ketones is 2. The Morgan fingerprint density at radius 1 is 0.886 bits per heavy atom. The summed E-state index contributed by atoms with van der Waals surface area (Å²) >= 11 is 0. The summed E-state index contributed by atoms with van der Waals surface area (Å²) < 4.78 is 5.30. The first-order chi connectivity index (χ1) is 16.3. The lowest BCUT2D eigenvalue weighted by molar-refractivity contribution is -0.232. The van der Waals surface area contributed by atoms with Crippen molar-refractivity contribution in [3.8, 4) is 23.0 Å². The summed E-state index contributed by atoms with van der Waals surface area (Å²) in [5, 5.41) is 91.5. The number of carboxylic acid groups (broad SMARTS) is 1. The van der Waals surface area contributed by atoms with Gasteiger partial charge in [-0.1, -0.05) is 0 Å². The van der Waals surface area contributed by atoms with E-state index in [-0.39, 0.29) is 5.56 Å². The number of carbonyl (C=O) groups is 3. The smallest absolute Gasteiger partial charge is 0.339 e. The van der Waals surface area contributed by atoms with E-state index in [0.29, 0.717) is 6.07 Å². The monoisotopic (exact) mass is 492 g/mol. The molecule has 35 heavy (non-hydrogen) atoms. The third-order valence-electron chi connectivity index (χ3n) is 6.33. The van der Waals surface area contributed by atoms with E-state index in [4.69, 9.17) is 4.74 Å². The third-order valence-corrected chi connectivity index (χ3v) is 6.33. The molecule has 186 valence electrons. The van der Waals surface area contributed by atoms with Crippen molar-refractivity contribution in [1.29, 1.82) is 0 Å². The van der Waals surface area contributed by atoms with E-state index >= 15 is 0 Å². The number of ether oxygens (including phenoxy) is 1. The van der Waals surface area contributed by atoms with Crippen molar-refractivity contribution in [3.63, 3.8) is 0 Å². The Balaban J connectivity index is 1.99. The maximum atomic E-state index is 13.4. The molecular formula is C22H20O13. The maximum Gasteiger partial charge on any atom is 0.339 e. The van der Waals surface area contributed by atoms with Crippen LogP contribution in [0.25, 0.3) is 0 Å². The Hall–Kier alpha value is -3.75. The Morgan fingerprint density at radius 2 is 1.49 bits per heavy atom. The minimum atomic E-state index is -2.03. The van der Waals surface area contributed by atoms with Gasteiger partial charge < -0.3 is 50.7 Å². The van der Waals surface area contributed by atoms with Crippen LogP contribution < -0.4 is 0 Å². The number of aliphatic hydroxyl groups is 4. The van der Waals surface area contributed by atoms with Gasteiger partial charge in [-0.25, -0.2) is 4.79 Å². The van der Waals surface area contributed by atoms with E-state index in [1.54, 1.807) is 0 Å². The molecule has 0 aromatic heterocycles. The van der Waals surface area contributed by atoms with Gasteiger partial charge in [-0.2, -0.15) is 0 Å². The van der Waals surface area contributed by atoms with E-state index < -0.39 is 111 Å². The Labute approximate surface area is 195 Å². The molecule has 1 aliphatic carbocycles. The third kappa shape index (κ3) is 3.25. The average Bonchev–Trinajstić information content (AvgIpc) is 2.79. The highest BCUT2D eigenvalue weighted by molar-refractivity contribution is 6.31. The van der Waals surface area contributed by atoms with Gasteiger partial charge in [-0.3, -0.25) is 9.59 Å². The zero-order valence-corrected chi connectivity index (χ0v) is 17.8. The Bertz CT molecular complexity index is 1300. The molecule has 1 fully saturated rings. The first-order valence-corrected chi connectivity index (χ1v) is 10.2. The van der Waals surface area contributed by atoms with Crippen molar-refractivity contribution in [2.75, 3.05) is 6.61 Å². The van der Waals surface area contributed by atoms with Gasteiger partial charge >= 0.3 is 5.97 Å². The number of aromatic carboxylic acids is 1. The summed E-state index contributed by atoms with van der Waals surface area (Å²) in [4.78, 5) is 38.1. The summed E-state index contributed by atoms with van der Waals surface area (Å²) in [5.74, 6) is -8.24. The van der Waals surface area contributed by atoms with E-state index in [9.17, 15) is 60.3 Å². The zero-order valence-electron chi connectivity index (χ0n) is 17.8. The van der Waals surface area contributed by atoms with E-state index in [1.807, 2.05) is 0 Å².